The van der Waals surface area contributed by atoms with E-state index in [-0.39, 0.29) is 49.4 Å². The van der Waals surface area contributed by atoms with Crippen LogP contribution in [0.15, 0.2) is 211 Å². The molecule has 18 rings (SSSR count). The molecular formula is C87H114BrClF6N2O15S5. The molecular weight excluding hydrogens is 1700 g/mol. The number of hydrogen-bond donors (Lipinski definition) is 3. The second kappa shape index (κ2) is 44.1. The summed E-state index contributed by atoms with van der Waals surface area (Å²) in [7, 11) is -17.3. The van der Waals surface area contributed by atoms with Gasteiger partial charge in [-0.05, 0) is 295 Å². The highest BCUT2D eigenvalue weighted by Gasteiger charge is 2.59. The number of halogens is 8. The van der Waals surface area contributed by atoms with Gasteiger partial charge in [0.15, 0.2) is 72.9 Å². The van der Waals surface area contributed by atoms with Gasteiger partial charge in [0.25, 0.3) is 0 Å². The number of alkyl halides is 6. The van der Waals surface area contributed by atoms with Gasteiger partial charge in [0.05, 0.1) is 71.9 Å². The fraction of sp³-hybridized carbons (Fsp3) is 0.552. The van der Waals surface area contributed by atoms with Crippen molar-refractivity contribution in [1.82, 2.24) is 0 Å². The molecule has 30 heteroatoms. The van der Waals surface area contributed by atoms with Crippen molar-refractivity contribution in [3.8, 4) is 0 Å². The van der Waals surface area contributed by atoms with Crippen molar-refractivity contribution in [3.05, 3.63) is 182 Å². The number of esters is 2. The first-order valence-corrected chi connectivity index (χ1v) is 47.5. The minimum absolute atomic E-state index is 0. The van der Waals surface area contributed by atoms with Gasteiger partial charge in [-0.15, -0.1) is 0 Å². The zero-order valence-corrected chi connectivity index (χ0v) is 73.8. The van der Waals surface area contributed by atoms with E-state index in [1.165, 1.54) is 87.9 Å². The van der Waals surface area contributed by atoms with E-state index < -0.39 is 88.7 Å². The maximum Gasteiger partial charge on any atom is 0.367 e. The number of quaternary nitrogens is 2. The molecule has 648 valence electrons. The van der Waals surface area contributed by atoms with Gasteiger partial charge in [0, 0.05) is 5.41 Å². The zero-order chi connectivity index (χ0) is 84.9. The predicted octanol–water partition coefficient (Wildman–Crippen LogP) is 12.3. The normalized spacial score (nSPS) is 25.4. The van der Waals surface area contributed by atoms with Crippen LogP contribution in [0.1, 0.15) is 157 Å². The van der Waals surface area contributed by atoms with Gasteiger partial charge in [-0.25, -0.2) is 25.3 Å². The summed E-state index contributed by atoms with van der Waals surface area (Å²) in [6, 6.07) is 64.3. The van der Waals surface area contributed by atoms with Crippen molar-refractivity contribution >= 4 is 80.9 Å². The maximum atomic E-state index is 13.1. The lowest BCUT2D eigenvalue weighted by molar-refractivity contribution is -0.894. The third kappa shape index (κ3) is 27.0. The van der Waals surface area contributed by atoms with Crippen LogP contribution in [0.2, 0.25) is 0 Å². The van der Waals surface area contributed by atoms with Crippen LogP contribution in [0.3, 0.4) is 0 Å². The first kappa shape index (κ1) is 98.7. The summed E-state index contributed by atoms with van der Waals surface area (Å²) < 4.78 is 175. The Kier molecular flexibility index (Phi) is 37.2. The molecule has 0 unspecified atom stereocenters. The molecule has 0 radical (unpaired) electrons. The second-order valence-electron chi connectivity index (χ2n) is 32.6. The van der Waals surface area contributed by atoms with E-state index in [4.69, 9.17) is 16.7 Å². The molecule has 0 aliphatic heterocycles. The van der Waals surface area contributed by atoms with E-state index in [2.05, 4.69) is 233 Å². The lowest BCUT2D eigenvalue weighted by Gasteiger charge is -2.55. The van der Waals surface area contributed by atoms with Crippen LogP contribution >= 0.6 is 11.6 Å². The Bertz CT molecular complexity index is 3870. The molecule has 0 atom stereocenters. The highest BCUT2D eigenvalue weighted by molar-refractivity contribution is 7.97. The molecule has 17 nitrogen and oxygen atoms in total. The summed E-state index contributed by atoms with van der Waals surface area (Å²) in [4.78, 5) is 47.4. The zero-order valence-electron chi connectivity index (χ0n) is 67.3. The fourth-order valence-electron chi connectivity index (χ4n) is 19.6. The molecule has 12 aliphatic rings. The van der Waals surface area contributed by atoms with E-state index in [0.717, 1.165) is 75.5 Å². The Morgan fingerprint density at radius 2 is 0.538 bits per heavy atom. The van der Waals surface area contributed by atoms with E-state index in [0.29, 0.717) is 74.0 Å². The number of aliphatic hydroxyl groups excluding tert-OH is 1. The quantitative estimate of drug-likeness (QED) is 0.0177. The standard InChI is InChI=1S/2C18H15S.2C13H18F2O5S.C11H15ClO.2C6H15N.C2H4F2O4S.BrH/c2*1-4-10-16(11-5-1)19(17-12-6-2-7-13-17)18-14-8-3-9-15-18;2*14-13(15,21(17,18)19)7-20-11(16)12-4-8-1-9(5-12)3-10(2-8)6-12;12-10(13)11-4-7-1-8(5-11)3-9(2-7)6-11;2*1-4-7(5-2)6-3;3-2(4,1-5)9(6,7)8;/h2*1-15H;2*8-10H,1-7H2,(H,17,18,19);7-9H,1-6H2;2*4-6H2,1-3H3;5H,1H2,(H,6,7,8);1H/q2*+1;;;;;;;/p-2. The first-order chi connectivity index (χ1) is 54.8. The fourth-order valence-corrected chi connectivity index (χ4v) is 24.6. The number of benzene rings is 6. The van der Waals surface area contributed by atoms with Crippen LogP contribution in [0.4, 0.5) is 26.3 Å². The van der Waals surface area contributed by atoms with E-state index >= 15 is 0 Å². The molecule has 6 aromatic carbocycles. The molecule has 0 amide bonds. The van der Waals surface area contributed by atoms with Crippen LogP contribution in [0, 0.1) is 69.5 Å². The van der Waals surface area contributed by atoms with E-state index in [1.807, 2.05) is 0 Å². The van der Waals surface area contributed by atoms with Gasteiger partial charge in [-0.1, -0.05) is 109 Å². The van der Waals surface area contributed by atoms with Crippen LogP contribution in [-0.2, 0) is 76.0 Å². The summed E-state index contributed by atoms with van der Waals surface area (Å²) in [6.07, 6.45) is 17.7. The smallest absolute Gasteiger partial charge is 0.367 e. The summed E-state index contributed by atoms with van der Waals surface area (Å²) >= 11 is 5.76. The summed E-state index contributed by atoms with van der Waals surface area (Å²) in [6.45, 7) is 15.6. The number of carbonyl (C=O) groups is 3. The summed E-state index contributed by atoms with van der Waals surface area (Å²) in [5.41, 5.74) is -1.55. The molecule has 12 saturated carbocycles. The molecule has 12 fully saturated rings. The lowest BCUT2D eigenvalue weighted by atomic mass is 9.49. The minimum atomic E-state index is -5.81. The van der Waals surface area contributed by atoms with Gasteiger partial charge in [0.1, 0.15) is 6.61 Å². The number of rotatable bonds is 23. The van der Waals surface area contributed by atoms with Crippen LogP contribution in [-0.4, -0.2) is 136 Å². The second-order valence-corrected chi connectivity index (χ2v) is 41.5. The maximum absolute atomic E-state index is 13.1. The van der Waals surface area contributed by atoms with E-state index in [9.17, 15) is 79.6 Å². The van der Waals surface area contributed by atoms with Gasteiger partial charge in [0.2, 0.25) is 5.24 Å². The van der Waals surface area contributed by atoms with Crippen LogP contribution < -0.4 is 26.8 Å². The summed E-state index contributed by atoms with van der Waals surface area (Å²) in [5.74, 6) is 3.59. The molecule has 117 heavy (non-hydrogen) atoms. The Morgan fingerprint density at radius 3 is 0.667 bits per heavy atom. The van der Waals surface area contributed by atoms with Gasteiger partial charge in [-0.3, -0.25) is 14.4 Å². The van der Waals surface area contributed by atoms with Gasteiger partial charge >= 0.3 is 27.7 Å². The Hall–Kier alpha value is -5.41. The Balaban J connectivity index is 0.000000190. The highest BCUT2D eigenvalue weighted by atomic mass is 79.9. The molecule has 0 spiro atoms. The number of nitrogens with one attached hydrogen (secondary N) is 2. The Labute approximate surface area is 709 Å². The number of carbonyl (C=O) groups excluding carboxylic acids is 3. The van der Waals surface area contributed by atoms with Crippen molar-refractivity contribution in [2.75, 3.05) is 59.1 Å². The van der Waals surface area contributed by atoms with Gasteiger partial charge in [-0.2, -0.15) is 26.3 Å². The topological polar surface area (TPSA) is 270 Å². The average molecular weight is 1820 g/mol. The molecule has 0 aromatic heterocycles. The minimum Gasteiger partial charge on any atom is -1.00 e. The average Bonchev–Trinajstić information content (AvgIpc) is 0.748. The van der Waals surface area contributed by atoms with Crippen molar-refractivity contribution < 1.29 is 121 Å². The lowest BCUT2D eigenvalue weighted by Crippen LogP contribution is -3.11. The van der Waals surface area contributed by atoms with Crippen molar-refractivity contribution in [1.29, 1.82) is 0 Å². The SMILES string of the molecule is CC[NH+](CC)CC.CC[NH+](CC)CC.O=C(Cl)C12CC3CC(CC(C3)C1)C2.O=C(OCC(F)(F)S(=O)(=O)[O-])C12CC3CC(CC(C3)C1)C2.O=C(OCC(F)(F)S(=O)(=O)[O-])C12CC3CC(CC(C3)C1)C2.O=S(=O)([O-])C(F)(F)CO.[Br-].c1ccc([S+](c2ccccc2)c2ccccc2)cc1.c1ccc([S+](c2ccccc2)c2ccccc2)cc1. The number of aliphatic hydroxyl groups is 1. The van der Waals surface area contributed by atoms with Crippen molar-refractivity contribution in [2.24, 2.45) is 69.5 Å². The molecule has 3 N–H and O–H groups in total. The molecule has 6 aromatic rings. The number of ether oxygens (including phenoxy) is 2. The predicted molar refractivity (Wildman–Crippen MR) is 434 cm³/mol. The van der Waals surface area contributed by atoms with E-state index in [1.54, 1.807) is 9.80 Å². The highest BCUT2D eigenvalue weighted by Crippen LogP contribution is 2.63. The Morgan fingerprint density at radius 1 is 0.368 bits per heavy atom. The molecule has 12 bridgehead atoms. The first-order valence-electron chi connectivity index (χ1n) is 40.4. The van der Waals surface area contributed by atoms with Crippen LogP contribution in [0.5, 0.6) is 0 Å². The van der Waals surface area contributed by atoms with Gasteiger partial charge < -0.3 is 55.0 Å². The largest absolute Gasteiger partial charge is 1.00 e. The molecule has 0 saturated heterocycles. The summed E-state index contributed by atoms with van der Waals surface area (Å²) in [5, 5.41) is -6.11. The number of hydrogen-bond acceptors (Lipinski definition) is 15. The molecule has 0 heterocycles. The van der Waals surface area contributed by atoms with Crippen molar-refractivity contribution in [2.45, 2.75) is 202 Å². The van der Waals surface area contributed by atoms with Crippen LogP contribution in [0.25, 0.3) is 0 Å². The monoisotopic (exact) mass is 1810 g/mol. The molecule has 12 aliphatic carbocycles. The third-order valence-corrected chi connectivity index (χ3v) is 31.7. The van der Waals surface area contributed by atoms with Crippen molar-refractivity contribution in [3.63, 3.8) is 0 Å². The third-order valence-electron chi connectivity index (χ3n) is 24.3.